The SMILES string of the molecule is C/C=C/c1ccc(CC(=O)O)c(C)c1. The Bertz CT molecular complexity index is 365. The standard InChI is InChI=1S/C12H14O2/c1-3-4-10-5-6-11(8-12(13)14)9(2)7-10/h3-7H,8H2,1-2H3,(H,13,14)/b4-3+. The van der Waals surface area contributed by atoms with E-state index in [0.29, 0.717) is 0 Å². The molecule has 0 aliphatic heterocycles. The molecule has 74 valence electrons. The molecule has 0 atom stereocenters. The summed E-state index contributed by atoms with van der Waals surface area (Å²) in [6, 6.07) is 5.81. The number of allylic oxidation sites excluding steroid dienone is 1. The molecule has 0 saturated carbocycles. The third kappa shape index (κ3) is 2.73. The van der Waals surface area contributed by atoms with Crippen molar-refractivity contribution in [3.05, 3.63) is 41.0 Å². The van der Waals surface area contributed by atoms with Gasteiger partial charge >= 0.3 is 5.97 Å². The Morgan fingerprint density at radius 1 is 1.50 bits per heavy atom. The molecule has 0 spiro atoms. The summed E-state index contributed by atoms with van der Waals surface area (Å²) in [5.74, 6) is -0.785. The summed E-state index contributed by atoms with van der Waals surface area (Å²) >= 11 is 0. The van der Waals surface area contributed by atoms with Gasteiger partial charge in [-0.3, -0.25) is 4.79 Å². The van der Waals surface area contributed by atoms with E-state index in [2.05, 4.69) is 0 Å². The Morgan fingerprint density at radius 2 is 2.21 bits per heavy atom. The van der Waals surface area contributed by atoms with Gasteiger partial charge in [0.1, 0.15) is 0 Å². The highest BCUT2D eigenvalue weighted by Gasteiger charge is 2.03. The fourth-order valence-electron chi connectivity index (χ4n) is 1.38. The van der Waals surface area contributed by atoms with Crippen LogP contribution in [-0.2, 0) is 11.2 Å². The summed E-state index contributed by atoms with van der Waals surface area (Å²) in [6.07, 6.45) is 4.06. The van der Waals surface area contributed by atoms with Crippen molar-refractivity contribution < 1.29 is 9.90 Å². The van der Waals surface area contributed by atoms with E-state index in [9.17, 15) is 4.79 Å². The first-order valence-corrected chi connectivity index (χ1v) is 4.57. The maximum atomic E-state index is 10.5. The number of hydrogen-bond donors (Lipinski definition) is 1. The monoisotopic (exact) mass is 190 g/mol. The molecule has 1 aromatic rings. The first-order chi connectivity index (χ1) is 6.63. The predicted octanol–water partition coefficient (Wildman–Crippen LogP) is 2.66. The van der Waals surface area contributed by atoms with Crippen molar-refractivity contribution in [2.24, 2.45) is 0 Å². The van der Waals surface area contributed by atoms with Crippen LogP contribution in [0.15, 0.2) is 24.3 Å². The van der Waals surface area contributed by atoms with Gasteiger partial charge in [-0.25, -0.2) is 0 Å². The summed E-state index contributed by atoms with van der Waals surface area (Å²) < 4.78 is 0. The van der Waals surface area contributed by atoms with E-state index in [1.165, 1.54) is 0 Å². The summed E-state index contributed by atoms with van der Waals surface area (Å²) in [5, 5.41) is 8.65. The number of rotatable bonds is 3. The number of aliphatic carboxylic acids is 1. The fourth-order valence-corrected chi connectivity index (χ4v) is 1.38. The molecule has 0 unspecified atom stereocenters. The minimum atomic E-state index is -0.785. The van der Waals surface area contributed by atoms with Gasteiger partial charge in [-0.15, -0.1) is 0 Å². The lowest BCUT2D eigenvalue weighted by Gasteiger charge is -2.03. The van der Waals surface area contributed by atoms with Gasteiger partial charge in [-0.05, 0) is 30.5 Å². The molecule has 0 amide bonds. The van der Waals surface area contributed by atoms with Gasteiger partial charge in [-0.2, -0.15) is 0 Å². The smallest absolute Gasteiger partial charge is 0.307 e. The van der Waals surface area contributed by atoms with Gasteiger partial charge in [0.25, 0.3) is 0 Å². The van der Waals surface area contributed by atoms with Crippen molar-refractivity contribution in [2.75, 3.05) is 0 Å². The first kappa shape index (κ1) is 10.5. The van der Waals surface area contributed by atoms with E-state index in [-0.39, 0.29) is 6.42 Å². The van der Waals surface area contributed by atoms with Crippen molar-refractivity contribution >= 4 is 12.0 Å². The average Bonchev–Trinajstić information content (AvgIpc) is 2.10. The maximum Gasteiger partial charge on any atom is 0.307 e. The third-order valence-corrected chi connectivity index (χ3v) is 2.07. The van der Waals surface area contributed by atoms with Crippen molar-refractivity contribution in [3.8, 4) is 0 Å². The van der Waals surface area contributed by atoms with E-state index in [4.69, 9.17) is 5.11 Å². The molecule has 0 saturated heterocycles. The minimum Gasteiger partial charge on any atom is -0.481 e. The van der Waals surface area contributed by atoms with Crippen LogP contribution in [-0.4, -0.2) is 11.1 Å². The molecule has 1 N–H and O–H groups in total. The van der Waals surface area contributed by atoms with Gasteiger partial charge in [0.15, 0.2) is 0 Å². The molecule has 2 heteroatoms. The predicted molar refractivity (Wildman–Crippen MR) is 57.2 cm³/mol. The van der Waals surface area contributed by atoms with Crippen LogP contribution in [0.4, 0.5) is 0 Å². The van der Waals surface area contributed by atoms with Crippen LogP contribution in [0.5, 0.6) is 0 Å². The number of benzene rings is 1. The van der Waals surface area contributed by atoms with Crippen LogP contribution in [0.1, 0.15) is 23.6 Å². The Balaban J connectivity index is 2.95. The highest BCUT2D eigenvalue weighted by molar-refractivity contribution is 5.71. The minimum absolute atomic E-state index is 0.0992. The van der Waals surface area contributed by atoms with E-state index in [1.54, 1.807) is 0 Å². The summed E-state index contributed by atoms with van der Waals surface area (Å²) in [4.78, 5) is 10.5. The molecule has 0 bridgehead atoms. The Hall–Kier alpha value is -1.57. The van der Waals surface area contributed by atoms with Crippen LogP contribution >= 0.6 is 0 Å². The zero-order valence-electron chi connectivity index (χ0n) is 8.45. The van der Waals surface area contributed by atoms with Gasteiger partial charge in [0.2, 0.25) is 0 Å². The average molecular weight is 190 g/mol. The summed E-state index contributed by atoms with van der Waals surface area (Å²) in [6.45, 7) is 3.89. The topological polar surface area (TPSA) is 37.3 Å². The lowest BCUT2D eigenvalue weighted by Crippen LogP contribution is -2.01. The zero-order valence-corrected chi connectivity index (χ0v) is 8.45. The van der Waals surface area contributed by atoms with Gasteiger partial charge in [0.05, 0.1) is 6.42 Å². The van der Waals surface area contributed by atoms with Gasteiger partial charge in [0, 0.05) is 0 Å². The molecule has 0 aliphatic carbocycles. The van der Waals surface area contributed by atoms with E-state index >= 15 is 0 Å². The van der Waals surface area contributed by atoms with Crippen LogP contribution in [0, 0.1) is 6.92 Å². The lowest BCUT2D eigenvalue weighted by atomic mass is 10.0. The fraction of sp³-hybridized carbons (Fsp3) is 0.250. The van der Waals surface area contributed by atoms with Crippen molar-refractivity contribution in [3.63, 3.8) is 0 Å². The zero-order chi connectivity index (χ0) is 10.6. The van der Waals surface area contributed by atoms with Crippen LogP contribution in [0.2, 0.25) is 0 Å². The number of carbonyl (C=O) groups is 1. The van der Waals surface area contributed by atoms with Crippen LogP contribution in [0.3, 0.4) is 0 Å². The molecule has 0 heterocycles. The van der Waals surface area contributed by atoms with E-state index < -0.39 is 5.97 Å². The molecule has 1 aromatic carbocycles. The number of aryl methyl sites for hydroxylation is 1. The second kappa shape index (κ2) is 4.61. The molecule has 14 heavy (non-hydrogen) atoms. The maximum absolute atomic E-state index is 10.5. The largest absolute Gasteiger partial charge is 0.481 e. The number of carboxylic acids is 1. The van der Waals surface area contributed by atoms with Gasteiger partial charge < -0.3 is 5.11 Å². The Morgan fingerprint density at radius 3 is 2.71 bits per heavy atom. The molecular weight excluding hydrogens is 176 g/mol. The summed E-state index contributed by atoms with van der Waals surface area (Å²) in [5.41, 5.74) is 3.02. The van der Waals surface area contributed by atoms with Crippen LogP contribution in [0.25, 0.3) is 6.08 Å². The number of hydrogen-bond acceptors (Lipinski definition) is 1. The third-order valence-electron chi connectivity index (χ3n) is 2.07. The van der Waals surface area contributed by atoms with Crippen molar-refractivity contribution in [2.45, 2.75) is 20.3 Å². The molecule has 0 radical (unpaired) electrons. The first-order valence-electron chi connectivity index (χ1n) is 4.57. The number of carboxylic acid groups (broad SMARTS) is 1. The second-order valence-electron chi connectivity index (χ2n) is 3.26. The molecule has 0 aromatic heterocycles. The molecule has 0 fully saturated rings. The highest BCUT2D eigenvalue weighted by atomic mass is 16.4. The van der Waals surface area contributed by atoms with Gasteiger partial charge in [-0.1, -0.05) is 30.4 Å². The molecule has 2 nitrogen and oxygen atoms in total. The normalized spacial score (nSPS) is 10.7. The molecule has 1 rings (SSSR count). The van der Waals surface area contributed by atoms with E-state index in [0.717, 1.165) is 16.7 Å². The van der Waals surface area contributed by atoms with Crippen molar-refractivity contribution in [1.29, 1.82) is 0 Å². The lowest BCUT2D eigenvalue weighted by molar-refractivity contribution is -0.136. The highest BCUT2D eigenvalue weighted by Crippen LogP contribution is 2.13. The van der Waals surface area contributed by atoms with Crippen molar-refractivity contribution in [1.82, 2.24) is 0 Å². The Kier molecular flexibility index (Phi) is 3.46. The quantitative estimate of drug-likeness (QED) is 0.795. The van der Waals surface area contributed by atoms with E-state index in [1.807, 2.05) is 44.2 Å². The Labute approximate surface area is 83.9 Å². The molecular formula is C12H14O2. The summed E-state index contributed by atoms with van der Waals surface area (Å²) in [7, 11) is 0. The van der Waals surface area contributed by atoms with Crippen LogP contribution < -0.4 is 0 Å². The second-order valence-corrected chi connectivity index (χ2v) is 3.26. The molecule has 0 aliphatic rings.